The first-order valence-electron chi connectivity index (χ1n) is 12.2. The molecule has 0 unspecified atom stereocenters. The predicted molar refractivity (Wildman–Crippen MR) is 144 cm³/mol. The number of hydrogen-bond donors (Lipinski definition) is 2. The highest BCUT2D eigenvalue weighted by Gasteiger charge is 2.46. The molecular formula is C27H30F2N5O4S-. The minimum Gasteiger partial charge on any atom is -0.493 e. The first kappa shape index (κ1) is 28.2. The molecule has 1 aliphatic rings. The normalized spacial score (nSPS) is 17.9. The Labute approximate surface area is 227 Å². The molecule has 4 bridgehead atoms. The van der Waals surface area contributed by atoms with Crippen LogP contribution in [0.2, 0.25) is 0 Å². The first-order chi connectivity index (χ1) is 18.3. The van der Waals surface area contributed by atoms with Crippen molar-refractivity contribution >= 4 is 28.1 Å². The number of anilines is 2. The van der Waals surface area contributed by atoms with Crippen molar-refractivity contribution in [3.05, 3.63) is 59.8 Å². The fraction of sp³-hybridized carbons (Fsp3) is 0.370. The van der Waals surface area contributed by atoms with E-state index in [1.54, 1.807) is 39.0 Å². The van der Waals surface area contributed by atoms with E-state index in [9.17, 15) is 17.8 Å². The number of carbonyl (C=O) groups excluding carboxylic acids is 1. The van der Waals surface area contributed by atoms with Gasteiger partial charge in [0.25, 0.3) is 0 Å². The molecule has 2 heterocycles. The van der Waals surface area contributed by atoms with Gasteiger partial charge in [0.1, 0.15) is 28.5 Å². The molecule has 3 aromatic rings. The number of nitrogens with zero attached hydrogens (tertiary/aromatic N) is 3. The van der Waals surface area contributed by atoms with Gasteiger partial charge in [-0.15, -0.1) is 6.26 Å². The van der Waals surface area contributed by atoms with E-state index in [-0.39, 0.29) is 35.7 Å². The molecule has 3 N–H and O–H groups in total. The number of halogens is 2. The summed E-state index contributed by atoms with van der Waals surface area (Å²) in [6.07, 6.45) is 2.47. The van der Waals surface area contributed by atoms with E-state index < -0.39 is 39.1 Å². The molecule has 0 spiro atoms. The van der Waals surface area contributed by atoms with Crippen molar-refractivity contribution in [2.24, 2.45) is 10.1 Å². The van der Waals surface area contributed by atoms with Crippen LogP contribution in [0.3, 0.4) is 0 Å². The first-order valence-corrected chi connectivity index (χ1v) is 13.7. The average molecular weight is 559 g/mol. The lowest BCUT2D eigenvalue weighted by atomic mass is 9.68. The summed E-state index contributed by atoms with van der Waals surface area (Å²) in [7, 11) is -1.66. The third-order valence-electron chi connectivity index (χ3n) is 6.95. The summed E-state index contributed by atoms with van der Waals surface area (Å²) in [5, 5.41) is 3.07. The SMILES string of the molecule is C[C@@H]1CCOc2cc(F)ccc2-c2nc(ncc2F)Nc2cc(cc(C(C)(C)[C@](C)(N=[S-](C)=O)C(N)=O)c2)O1. The Balaban J connectivity index is 1.88. The maximum atomic E-state index is 14.9. The fourth-order valence-corrected chi connectivity index (χ4v) is 5.12. The zero-order chi connectivity index (χ0) is 28.5. The van der Waals surface area contributed by atoms with Gasteiger partial charge in [-0.1, -0.05) is 13.8 Å². The molecule has 0 radical (unpaired) electrons. The average Bonchev–Trinajstić information content (AvgIpc) is 2.84. The lowest BCUT2D eigenvalue weighted by Crippen LogP contribution is -2.53. The van der Waals surface area contributed by atoms with Crippen LogP contribution in [0.25, 0.3) is 11.3 Å². The monoisotopic (exact) mass is 558 g/mol. The number of aromatic nitrogens is 2. The number of nitrogens with two attached hydrogens (primary N) is 1. The Morgan fingerprint density at radius 2 is 1.95 bits per heavy atom. The van der Waals surface area contributed by atoms with Gasteiger partial charge in [0.2, 0.25) is 11.9 Å². The highest BCUT2D eigenvalue weighted by Crippen LogP contribution is 2.41. The summed E-state index contributed by atoms with van der Waals surface area (Å²) in [5.41, 5.74) is 4.50. The summed E-state index contributed by atoms with van der Waals surface area (Å²) < 4.78 is 57.1. The number of nitrogens with one attached hydrogen (secondary N) is 1. The summed E-state index contributed by atoms with van der Waals surface area (Å²) >= 11 is 0. The van der Waals surface area contributed by atoms with E-state index in [1.165, 1.54) is 24.5 Å². The Morgan fingerprint density at radius 3 is 2.64 bits per heavy atom. The number of hydrogen-bond acceptors (Lipinski definition) is 9. The minimum atomic E-state index is -1.66. The van der Waals surface area contributed by atoms with E-state index >= 15 is 0 Å². The quantitative estimate of drug-likeness (QED) is 0.431. The van der Waals surface area contributed by atoms with Crippen molar-refractivity contribution in [1.29, 1.82) is 0 Å². The van der Waals surface area contributed by atoms with E-state index in [4.69, 9.17) is 15.2 Å². The van der Waals surface area contributed by atoms with Gasteiger partial charge in [-0.2, -0.15) is 10.6 Å². The highest BCUT2D eigenvalue weighted by molar-refractivity contribution is 7.74. The molecule has 2 aromatic carbocycles. The molecular weight excluding hydrogens is 528 g/mol. The number of benzene rings is 2. The molecule has 0 fully saturated rings. The predicted octanol–water partition coefficient (Wildman–Crippen LogP) is 5.01. The number of ether oxygens (including phenoxy) is 2. The summed E-state index contributed by atoms with van der Waals surface area (Å²) in [5.74, 6) is -1.32. The Kier molecular flexibility index (Phi) is 7.78. The largest absolute Gasteiger partial charge is 0.493 e. The second kappa shape index (κ2) is 10.8. The standard InChI is InChI=1S/C27H30F2N5O4S/c1-15-8-9-37-22-12-17(28)6-7-20(22)23-21(29)14-31-25(33-23)32-18-10-16(11-19(13-18)38-15)26(2,3)27(4,24(30)35)34-39(5)36/h6-7,10-15H,8-9H2,1-5H3,(H2,30,35)(H,31,32,33)/q-1/t15-,27-/m1/s1. The lowest BCUT2D eigenvalue weighted by molar-refractivity contribution is -0.124. The van der Waals surface area contributed by atoms with E-state index in [1.807, 2.05) is 6.92 Å². The van der Waals surface area contributed by atoms with Crippen molar-refractivity contribution < 1.29 is 27.3 Å². The molecule has 1 aromatic heterocycles. The number of rotatable bonds is 4. The molecule has 0 saturated carbocycles. The molecule has 1 aliphatic heterocycles. The van der Waals surface area contributed by atoms with E-state index in [2.05, 4.69) is 19.6 Å². The van der Waals surface area contributed by atoms with Gasteiger partial charge < -0.3 is 29.1 Å². The highest BCUT2D eigenvalue weighted by atomic mass is 32.2. The fourth-order valence-electron chi connectivity index (χ4n) is 4.29. The molecule has 12 heteroatoms. The Morgan fingerprint density at radius 1 is 1.21 bits per heavy atom. The third-order valence-corrected chi connectivity index (χ3v) is 7.58. The minimum absolute atomic E-state index is 0.0599. The van der Waals surface area contributed by atoms with E-state index in [0.717, 1.165) is 6.20 Å². The molecule has 208 valence electrons. The lowest BCUT2D eigenvalue weighted by Gasteiger charge is -2.41. The van der Waals surface area contributed by atoms with Crippen LogP contribution in [0.15, 0.2) is 47.0 Å². The zero-order valence-corrected chi connectivity index (χ0v) is 23.1. The van der Waals surface area contributed by atoms with Crippen LogP contribution in [0.1, 0.15) is 39.7 Å². The topological polar surface area (TPSA) is 129 Å². The van der Waals surface area contributed by atoms with Crippen molar-refractivity contribution in [2.75, 3.05) is 18.2 Å². The van der Waals surface area contributed by atoms with Gasteiger partial charge in [0.15, 0.2) is 5.82 Å². The summed E-state index contributed by atoms with van der Waals surface area (Å²) in [4.78, 5) is 21.0. The molecule has 0 aliphatic carbocycles. The van der Waals surface area contributed by atoms with E-state index in [0.29, 0.717) is 23.4 Å². The molecule has 39 heavy (non-hydrogen) atoms. The molecule has 9 nitrogen and oxygen atoms in total. The van der Waals surface area contributed by atoms with Crippen molar-refractivity contribution in [2.45, 2.75) is 51.2 Å². The number of amides is 1. The van der Waals surface area contributed by atoms with Crippen LogP contribution in [0, 0.1) is 11.6 Å². The third kappa shape index (κ3) is 5.80. The van der Waals surface area contributed by atoms with Gasteiger partial charge in [0, 0.05) is 35.2 Å². The number of primary amides is 1. The summed E-state index contributed by atoms with van der Waals surface area (Å²) in [6.45, 7) is 7.10. The molecule has 1 amide bonds. The smallest absolute Gasteiger partial charge is 0.243 e. The van der Waals surface area contributed by atoms with Crippen molar-refractivity contribution in [3.63, 3.8) is 0 Å². The molecule has 2 atom stereocenters. The number of fused-ring (bicyclic) bond motifs is 6. The molecule has 4 rings (SSSR count). The van der Waals surface area contributed by atoms with Crippen LogP contribution in [0.4, 0.5) is 20.4 Å². The van der Waals surface area contributed by atoms with Gasteiger partial charge in [0.05, 0.1) is 18.9 Å². The summed E-state index contributed by atoms with van der Waals surface area (Å²) in [6, 6.07) is 9.01. The van der Waals surface area contributed by atoms with Gasteiger partial charge in [-0.3, -0.25) is 4.79 Å². The van der Waals surface area contributed by atoms with Crippen molar-refractivity contribution in [3.8, 4) is 22.8 Å². The van der Waals surface area contributed by atoms with Gasteiger partial charge >= 0.3 is 0 Å². The van der Waals surface area contributed by atoms with Gasteiger partial charge in [-0.25, -0.2) is 18.7 Å². The maximum absolute atomic E-state index is 14.9. The van der Waals surface area contributed by atoms with Crippen LogP contribution >= 0.6 is 0 Å². The van der Waals surface area contributed by atoms with Crippen LogP contribution in [0.5, 0.6) is 11.5 Å². The Bertz CT molecular complexity index is 1510. The molecule has 0 saturated heterocycles. The second-order valence-corrected chi connectivity index (χ2v) is 11.1. The zero-order valence-electron chi connectivity index (χ0n) is 22.2. The maximum Gasteiger partial charge on any atom is 0.243 e. The van der Waals surface area contributed by atoms with Gasteiger partial charge in [-0.05, 0) is 43.7 Å². The van der Waals surface area contributed by atoms with Crippen LogP contribution in [-0.4, -0.2) is 40.4 Å². The Hall–Kier alpha value is -3.80. The van der Waals surface area contributed by atoms with Crippen LogP contribution in [-0.2, 0) is 25.0 Å². The second-order valence-electron chi connectivity index (χ2n) is 10.0. The van der Waals surface area contributed by atoms with Crippen molar-refractivity contribution in [1.82, 2.24) is 9.97 Å². The van der Waals surface area contributed by atoms with Crippen LogP contribution < -0.4 is 20.5 Å². The number of carbonyl (C=O) groups is 1.